The van der Waals surface area contributed by atoms with Crippen molar-refractivity contribution in [2.75, 3.05) is 0 Å². The zero-order chi connectivity index (χ0) is 4.41. The molecule has 1 aliphatic rings. The second kappa shape index (κ2) is 1.11. The van der Waals surface area contributed by atoms with E-state index in [2.05, 4.69) is 16.1 Å². The Kier molecular flexibility index (Phi) is 0.627. The largest absolute Gasteiger partial charge is 0.275 e. The Morgan fingerprint density at radius 1 is 1.83 bits per heavy atom. The van der Waals surface area contributed by atoms with Crippen LogP contribution in [-0.4, -0.2) is 16.8 Å². The third-order valence-corrected chi connectivity index (χ3v) is 0.397. The Morgan fingerprint density at radius 2 is 2.67 bits per heavy atom. The summed E-state index contributed by atoms with van der Waals surface area (Å²) in [5.74, 6) is 0. The van der Waals surface area contributed by atoms with Crippen LogP contribution < -0.4 is 11.0 Å². The average Bonchev–Trinajstić information content (AvgIpc) is 1.86. The second-order valence-electron chi connectivity index (χ2n) is 0.799. The highest BCUT2D eigenvalue weighted by atomic mass is 16.6. The summed E-state index contributed by atoms with van der Waals surface area (Å²) >= 11 is 0. The van der Waals surface area contributed by atoms with Crippen LogP contribution in [0, 0.1) is 0 Å². The van der Waals surface area contributed by atoms with E-state index in [4.69, 9.17) is 5.21 Å². The maximum atomic E-state index is 8.22. The summed E-state index contributed by atoms with van der Waals surface area (Å²) in [6.07, 6.45) is 1.32. The van der Waals surface area contributed by atoms with Crippen LogP contribution in [0.3, 0.4) is 0 Å². The van der Waals surface area contributed by atoms with Crippen molar-refractivity contribution in [3.8, 4) is 0 Å². The highest BCUT2D eigenvalue weighted by Crippen LogP contribution is 1.67. The summed E-state index contributed by atoms with van der Waals surface area (Å²) in [6, 6.07) is 0. The van der Waals surface area contributed by atoms with Gasteiger partial charge in [-0.15, -0.1) is 0 Å². The molecule has 5 nitrogen and oxygen atoms in total. The van der Waals surface area contributed by atoms with Crippen LogP contribution in [0.2, 0.25) is 0 Å². The van der Waals surface area contributed by atoms with Gasteiger partial charge in [-0.2, -0.15) is 10.6 Å². The van der Waals surface area contributed by atoms with Crippen molar-refractivity contribution in [2.24, 2.45) is 5.10 Å². The first kappa shape index (κ1) is 3.38. The molecule has 0 unspecified atom stereocenters. The molecule has 0 radical (unpaired) electrons. The molecule has 1 aliphatic heterocycles. The van der Waals surface area contributed by atoms with Gasteiger partial charge in [0.25, 0.3) is 0 Å². The van der Waals surface area contributed by atoms with Crippen LogP contribution in [0.5, 0.6) is 0 Å². The summed E-state index contributed by atoms with van der Waals surface area (Å²) in [6.45, 7) is 0. The minimum absolute atomic E-state index is 0.639. The van der Waals surface area contributed by atoms with Crippen molar-refractivity contribution >= 4 is 6.34 Å². The molecule has 1 heterocycles. The zero-order valence-corrected chi connectivity index (χ0v) is 2.92. The summed E-state index contributed by atoms with van der Waals surface area (Å²) in [5.41, 5.74) is 4.47. The van der Waals surface area contributed by atoms with Gasteiger partial charge in [0, 0.05) is 5.28 Å². The van der Waals surface area contributed by atoms with Gasteiger partial charge in [0.15, 0.2) is 0 Å². The van der Waals surface area contributed by atoms with Gasteiger partial charge in [0.05, 0.1) is 0 Å². The molecular formula is CH4N4O. The highest BCUT2D eigenvalue weighted by molar-refractivity contribution is 5.53. The van der Waals surface area contributed by atoms with E-state index in [0.29, 0.717) is 5.28 Å². The number of hydrazine groups is 2. The molecule has 0 spiro atoms. The maximum absolute atomic E-state index is 8.22. The van der Waals surface area contributed by atoms with Crippen LogP contribution >= 0.6 is 0 Å². The molecule has 5 heteroatoms. The van der Waals surface area contributed by atoms with E-state index < -0.39 is 0 Å². The minimum Gasteiger partial charge on any atom is -0.275 e. The number of nitrogens with zero attached hydrogens (tertiary/aromatic N) is 2. The molecule has 0 saturated heterocycles. The molecule has 0 aromatic rings. The van der Waals surface area contributed by atoms with Crippen molar-refractivity contribution in [1.82, 2.24) is 16.2 Å². The number of hydrogen-bond acceptors (Lipinski definition) is 5. The van der Waals surface area contributed by atoms with Crippen LogP contribution in [0.1, 0.15) is 0 Å². The number of hydrazone groups is 1. The van der Waals surface area contributed by atoms with E-state index in [1.807, 2.05) is 0 Å². The Labute approximate surface area is 34.1 Å². The SMILES string of the molecule is ON1NC=NN1. The fourth-order valence-corrected chi connectivity index (χ4v) is 0.196. The lowest BCUT2D eigenvalue weighted by Crippen LogP contribution is -2.35. The van der Waals surface area contributed by atoms with Gasteiger partial charge < -0.3 is 0 Å². The molecule has 0 aliphatic carbocycles. The fraction of sp³-hybridized carbons (Fsp3) is 0. The molecule has 0 saturated carbocycles. The van der Waals surface area contributed by atoms with Crippen molar-refractivity contribution in [2.45, 2.75) is 0 Å². The van der Waals surface area contributed by atoms with Gasteiger partial charge in [0.2, 0.25) is 0 Å². The molecule has 1 rings (SSSR count). The Bertz CT molecular complexity index is 61.9. The topological polar surface area (TPSA) is 59.9 Å². The van der Waals surface area contributed by atoms with Crippen LogP contribution in [0.15, 0.2) is 5.10 Å². The van der Waals surface area contributed by atoms with Gasteiger partial charge in [-0.25, -0.2) is 0 Å². The minimum atomic E-state index is 0.639. The third-order valence-electron chi connectivity index (χ3n) is 0.397. The van der Waals surface area contributed by atoms with E-state index in [1.165, 1.54) is 6.34 Å². The molecule has 0 aromatic carbocycles. The van der Waals surface area contributed by atoms with E-state index in [0.717, 1.165) is 0 Å². The Balaban J connectivity index is 2.32. The summed E-state index contributed by atoms with van der Waals surface area (Å²) < 4.78 is 0. The van der Waals surface area contributed by atoms with Crippen molar-refractivity contribution in [1.29, 1.82) is 0 Å². The second-order valence-corrected chi connectivity index (χ2v) is 0.799. The maximum Gasteiger partial charge on any atom is 0.128 e. The Morgan fingerprint density at radius 3 is 2.83 bits per heavy atom. The first-order valence-electron chi connectivity index (χ1n) is 1.42. The van der Waals surface area contributed by atoms with Crippen LogP contribution in [0.4, 0.5) is 0 Å². The lowest BCUT2D eigenvalue weighted by atomic mass is 11.4. The summed E-state index contributed by atoms with van der Waals surface area (Å²) in [7, 11) is 0. The van der Waals surface area contributed by atoms with Gasteiger partial charge in [0.1, 0.15) is 6.34 Å². The molecule has 0 amide bonds. The van der Waals surface area contributed by atoms with Crippen molar-refractivity contribution < 1.29 is 5.21 Å². The lowest BCUT2D eigenvalue weighted by Gasteiger charge is -2.00. The summed E-state index contributed by atoms with van der Waals surface area (Å²) in [5, 5.41) is 12.2. The molecule has 34 valence electrons. The van der Waals surface area contributed by atoms with E-state index in [-0.39, 0.29) is 0 Å². The Hall–Kier alpha value is -0.810. The third kappa shape index (κ3) is 0.399. The quantitative estimate of drug-likeness (QED) is 0.342. The van der Waals surface area contributed by atoms with E-state index in [1.54, 1.807) is 0 Å². The van der Waals surface area contributed by atoms with Gasteiger partial charge in [-0.05, 0) is 0 Å². The van der Waals surface area contributed by atoms with Gasteiger partial charge in [-0.3, -0.25) is 10.6 Å². The van der Waals surface area contributed by atoms with Crippen molar-refractivity contribution in [3.63, 3.8) is 0 Å². The predicted molar refractivity (Wildman–Crippen MR) is 18.4 cm³/mol. The van der Waals surface area contributed by atoms with Gasteiger partial charge >= 0.3 is 0 Å². The average molecular weight is 88.1 g/mol. The van der Waals surface area contributed by atoms with Crippen LogP contribution in [0.25, 0.3) is 0 Å². The smallest absolute Gasteiger partial charge is 0.128 e. The number of nitrogens with one attached hydrogen (secondary N) is 2. The lowest BCUT2D eigenvalue weighted by molar-refractivity contribution is -0.151. The standard InChI is InChI=1S/CH4N4O/c6-5-3-1-2-4-5/h1,4,6H,(H,2,3). The first-order valence-corrected chi connectivity index (χ1v) is 1.42. The predicted octanol–water partition coefficient (Wildman–Crippen LogP) is -1.36. The highest BCUT2D eigenvalue weighted by Gasteiger charge is 1.94. The van der Waals surface area contributed by atoms with E-state index in [9.17, 15) is 0 Å². The van der Waals surface area contributed by atoms with E-state index >= 15 is 0 Å². The molecule has 6 heavy (non-hydrogen) atoms. The normalized spacial score (nSPS) is 20.2. The molecule has 0 atom stereocenters. The molecule has 0 fully saturated rings. The van der Waals surface area contributed by atoms with Crippen molar-refractivity contribution in [3.05, 3.63) is 0 Å². The molecule has 3 N–H and O–H groups in total. The molecular weight excluding hydrogens is 84.0 g/mol. The number of hydrogen-bond donors (Lipinski definition) is 3. The van der Waals surface area contributed by atoms with Gasteiger partial charge in [-0.1, -0.05) is 0 Å². The molecule has 0 aromatic heterocycles. The summed E-state index contributed by atoms with van der Waals surface area (Å²) in [4.78, 5) is 0. The monoisotopic (exact) mass is 88.0 g/mol. The first-order chi connectivity index (χ1) is 2.89. The fourth-order valence-electron chi connectivity index (χ4n) is 0.196. The van der Waals surface area contributed by atoms with Crippen LogP contribution in [-0.2, 0) is 0 Å². The number of rotatable bonds is 0. The zero-order valence-electron chi connectivity index (χ0n) is 2.92. The molecule has 0 bridgehead atoms.